The normalized spacial score (nSPS) is 26.7. The molecule has 0 bridgehead atoms. The van der Waals surface area contributed by atoms with Gasteiger partial charge in [-0.3, -0.25) is 24.1 Å². The van der Waals surface area contributed by atoms with Gasteiger partial charge in [0.25, 0.3) is 5.91 Å². The number of likely N-dealkylation sites (tertiary alicyclic amines) is 1. The molecule has 13 nitrogen and oxygen atoms in total. The monoisotopic (exact) mass is 735 g/mol. The zero-order valence-electron chi connectivity index (χ0n) is 30.2. The molecule has 3 N–H and O–H groups in total. The highest BCUT2D eigenvalue weighted by atomic mass is 32.2. The SMILES string of the molecule is C=C[C@@H]1C[C@]1(NC(=O)[C@@H]1C[C@@](OC)(c2ccc(-c3ccccn3)cc2)CN1C(=O)[C@@H](NC(=O)OC1CCCC1)C(C)(C)C)C(=O)NS(=O)(=O)C1CC1. The first-order chi connectivity index (χ1) is 24.6. The third kappa shape index (κ3) is 7.59. The molecule has 0 unspecified atom stereocenters. The van der Waals surface area contributed by atoms with Crippen LogP contribution >= 0.6 is 0 Å². The van der Waals surface area contributed by atoms with Crippen molar-refractivity contribution in [1.82, 2.24) is 25.2 Å². The molecule has 1 aromatic carbocycles. The molecule has 1 saturated heterocycles. The number of methoxy groups -OCH3 is 1. The summed E-state index contributed by atoms with van der Waals surface area (Å²) in [6.07, 6.45) is 6.83. The van der Waals surface area contributed by atoms with Crippen molar-refractivity contribution in [3.63, 3.8) is 0 Å². The van der Waals surface area contributed by atoms with Crippen LogP contribution in [0.4, 0.5) is 4.79 Å². The molecule has 4 amide bonds. The highest BCUT2D eigenvalue weighted by Crippen LogP contribution is 2.47. The average Bonchev–Trinajstić information content (AvgIpc) is 4.00. The zero-order valence-corrected chi connectivity index (χ0v) is 31.0. The number of aromatic nitrogens is 1. The van der Waals surface area contributed by atoms with Gasteiger partial charge in [0, 0.05) is 31.2 Å². The molecule has 6 rings (SSSR count). The number of hydrogen-bond acceptors (Lipinski definition) is 9. The number of hydrogen-bond donors (Lipinski definition) is 3. The van der Waals surface area contributed by atoms with Crippen molar-refractivity contribution in [1.29, 1.82) is 0 Å². The van der Waals surface area contributed by atoms with E-state index in [0.29, 0.717) is 18.4 Å². The maximum atomic E-state index is 14.7. The lowest BCUT2D eigenvalue weighted by atomic mass is 9.85. The minimum absolute atomic E-state index is 0.0181. The molecule has 1 aliphatic heterocycles. The number of amides is 4. The molecule has 3 aliphatic carbocycles. The van der Waals surface area contributed by atoms with Gasteiger partial charge >= 0.3 is 6.09 Å². The van der Waals surface area contributed by atoms with Gasteiger partial charge in [0.05, 0.1) is 17.5 Å². The van der Waals surface area contributed by atoms with Crippen LogP contribution in [-0.2, 0) is 39.5 Å². The molecule has 0 spiro atoms. The third-order valence-corrected chi connectivity index (χ3v) is 12.7. The smallest absolute Gasteiger partial charge is 0.408 e. The minimum Gasteiger partial charge on any atom is -0.446 e. The predicted molar refractivity (Wildman–Crippen MR) is 193 cm³/mol. The molecule has 2 heterocycles. The van der Waals surface area contributed by atoms with Crippen molar-refractivity contribution in [2.75, 3.05) is 13.7 Å². The third-order valence-electron chi connectivity index (χ3n) is 10.9. The Hall–Kier alpha value is -4.30. The number of rotatable bonds is 12. The first-order valence-electron chi connectivity index (χ1n) is 18.0. The van der Waals surface area contributed by atoms with Gasteiger partial charge in [-0.1, -0.05) is 57.2 Å². The van der Waals surface area contributed by atoms with Crippen LogP contribution in [0.25, 0.3) is 11.3 Å². The quantitative estimate of drug-likeness (QED) is 0.273. The number of alkyl carbamates (subject to hydrolysis) is 1. The molecule has 1 aromatic heterocycles. The summed E-state index contributed by atoms with van der Waals surface area (Å²) in [5.41, 5.74) is -1.14. The molecule has 4 fully saturated rings. The Morgan fingerprint density at radius 2 is 1.71 bits per heavy atom. The minimum atomic E-state index is -3.90. The number of pyridine rings is 1. The highest BCUT2D eigenvalue weighted by Gasteiger charge is 2.62. The van der Waals surface area contributed by atoms with Crippen molar-refractivity contribution in [3.8, 4) is 11.3 Å². The van der Waals surface area contributed by atoms with Crippen LogP contribution in [0.3, 0.4) is 0 Å². The van der Waals surface area contributed by atoms with Crippen LogP contribution in [-0.4, -0.2) is 84.7 Å². The second-order valence-corrected chi connectivity index (χ2v) is 17.6. The number of benzene rings is 1. The van der Waals surface area contributed by atoms with Crippen LogP contribution in [0.15, 0.2) is 61.3 Å². The number of carbonyl (C=O) groups excluding carboxylic acids is 4. The molecule has 5 atom stereocenters. The molecule has 14 heteroatoms. The fraction of sp³-hybridized carbons (Fsp3) is 0.553. The van der Waals surface area contributed by atoms with Gasteiger partial charge in [-0.2, -0.15) is 0 Å². The summed E-state index contributed by atoms with van der Waals surface area (Å²) < 4.78 is 39.5. The lowest BCUT2D eigenvalue weighted by molar-refractivity contribution is -0.143. The number of nitrogens with one attached hydrogen (secondary N) is 3. The van der Waals surface area contributed by atoms with Crippen molar-refractivity contribution < 1.29 is 37.1 Å². The molecule has 4 aliphatic rings. The van der Waals surface area contributed by atoms with E-state index in [2.05, 4.69) is 26.9 Å². The van der Waals surface area contributed by atoms with E-state index in [0.717, 1.165) is 36.9 Å². The van der Waals surface area contributed by atoms with Crippen molar-refractivity contribution in [2.45, 2.75) is 107 Å². The fourth-order valence-electron chi connectivity index (χ4n) is 7.43. The molecule has 280 valence electrons. The van der Waals surface area contributed by atoms with Crippen LogP contribution in [0, 0.1) is 11.3 Å². The topological polar surface area (TPSA) is 173 Å². The average molecular weight is 736 g/mol. The fourth-order valence-corrected chi connectivity index (χ4v) is 8.80. The van der Waals surface area contributed by atoms with E-state index in [9.17, 15) is 27.6 Å². The second kappa shape index (κ2) is 14.3. The lowest BCUT2D eigenvalue weighted by Crippen LogP contribution is -2.60. The van der Waals surface area contributed by atoms with Gasteiger partial charge < -0.3 is 25.0 Å². The van der Waals surface area contributed by atoms with Gasteiger partial charge in [-0.15, -0.1) is 6.58 Å². The molecule has 52 heavy (non-hydrogen) atoms. The van der Waals surface area contributed by atoms with Gasteiger partial charge in [-0.05, 0) is 68.1 Å². The van der Waals surface area contributed by atoms with Crippen molar-refractivity contribution in [3.05, 3.63) is 66.9 Å². The summed E-state index contributed by atoms with van der Waals surface area (Å²) in [6.45, 7) is 9.19. The van der Waals surface area contributed by atoms with E-state index < -0.39 is 73.6 Å². The highest BCUT2D eigenvalue weighted by molar-refractivity contribution is 7.91. The van der Waals surface area contributed by atoms with E-state index in [1.54, 1.807) is 6.20 Å². The number of sulfonamides is 1. The number of carbonyl (C=O) groups is 4. The van der Waals surface area contributed by atoms with E-state index in [4.69, 9.17) is 9.47 Å². The van der Waals surface area contributed by atoms with Crippen molar-refractivity contribution >= 4 is 33.8 Å². The number of ether oxygens (including phenoxy) is 2. The largest absolute Gasteiger partial charge is 0.446 e. The van der Waals surface area contributed by atoms with E-state index >= 15 is 0 Å². The van der Waals surface area contributed by atoms with Crippen LogP contribution in [0.5, 0.6) is 0 Å². The van der Waals surface area contributed by atoms with Crippen LogP contribution in [0.1, 0.15) is 77.7 Å². The lowest BCUT2D eigenvalue weighted by Gasteiger charge is -2.36. The Kier molecular flexibility index (Phi) is 10.3. The Labute approximate surface area is 305 Å². The van der Waals surface area contributed by atoms with E-state index in [1.165, 1.54) is 18.1 Å². The zero-order chi connectivity index (χ0) is 37.5. The maximum absolute atomic E-state index is 14.7. The maximum Gasteiger partial charge on any atom is 0.408 e. The number of nitrogens with zero attached hydrogens (tertiary/aromatic N) is 2. The Balaban J connectivity index is 1.31. The Bertz CT molecular complexity index is 1800. The molecule has 3 saturated carbocycles. The Morgan fingerprint density at radius 3 is 2.27 bits per heavy atom. The standard InChI is InChI=1S/C38H49N5O8S/c1-6-25-21-38(25,34(46)42-52(48,49)28-18-19-28)41-32(44)30-22-37(50-5,26-16-14-24(15-17-26)29-13-9-10-20-39-29)23-43(30)33(45)31(36(2,3)4)40-35(47)51-27-11-7-8-12-27/h6,9-10,13-17,20,25,27-28,30-31H,1,7-8,11-12,18-19,21-23H2,2-5H3,(H,40,47)(H,41,44)(H,42,46)/t25-,30+,31-,37+,38-/m1/s1. The first kappa shape index (κ1) is 37.5. The van der Waals surface area contributed by atoms with Gasteiger partial charge in [-0.25, -0.2) is 13.2 Å². The molecular formula is C38H49N5O8S. The summed E-state index contributed by atoms with van der Waals surface area (Å²) in [5, 5.41) is 4.99. The predicted octanol–water partition coefficient (Wildman–Crippen LogP) is 3.94. The van der Waals surface area contributed by atoms with Gasteiger partial charge in [0.2, 0.25) is 21.8 Å². The summed E-state index contributed by atoms with van der Waals surface area (Å²) in [6, 6.07) is 10.9. The van der Waals surface area contributed by atoms with Gasteiger partial charge in [0.15, 0.2) is 0 Å². The summed E-state index contributed by atoms with van der Waals surface area (Å²) >= 11 is 0. The molecule has 0 radical (unpaired) electrons. The Morgan fingerprint density at radius 1 is 1.02 bits per heavy atom. The summed E-state index contributed by atoms with van der Waals surface area (Å²) in [4.78, 5) is 61.6. The molecule has 2 aromatic rings. The first-order valence-corrected chi connectivity index (χ1v) is 19.5. The molecular weight excluding hydrogens is 687 g/mol. The van der Waals surface area contributed by atoms with Crippen LogP contribution in [0.2, 0.25) is 0 Å². The van der Waals surface area contributed by atoms with E-state index in [-0.39, 0.29) is 25.5 Å². The van der Waals surface area contributed by atoms with E-state index in [1.807, 2.05) is 63.2 Å². The summed E-state index contributed by atoms with van der Waals surface area (Å²) in [7, 11) is -2.38. The van der Waals surface area contributed by atoms with Crippen molar-refractivity contribution in [2.24, 2.45) is 11.3 Å². The van der Waals surface area contributed by atoms with Crippen LogP contribution < -0.4 is 15.4 Å². The summed E-state index contributed by atoms with van der Waals surface area (Å²) in [5.74, 6) is -2.52. The van der Waals surface area contributed by atoms with Gasteiger partial charge in [0.1, 0.15) is 29.3 Å². The second-order valence-electron chi connectivity index (χ2n) is 15.6.